The SMILES string of the molecule is CCCN(Cc1ccsc1)C(=O)C1CCCC1. The molecule has 17 heavy (non-hydrogen) atoms. The van der Waals surface area contributed by atoms with E-state index in [4.69, 9.17) is 0 Å². The van der Waals surface area contributed by atoms with Gasteiger partial charge >= 0.3 is 0 Å². The molecule has 0 saturated heterocycles. The van der Waals surface area contributed by atoms with Crippen molar-refractivity contribution >= 4 is 17.2 Å². The number of hydrogen-bond acceptors (Lipinski definition) is 2. The molecule has 0 aliphatic heterocycles. The lowest BCUT2D eigenvalue weighted by atomic mass is 10.1. The number of hydrogen-bond donors (Lipinski definition) is 0. The Bertz CT molecular complexity index is 341. The van der Waals surface area contributed by atoms with E-state index in [0.29, 0.717) is 11.8 Å². The van der Waals surface area contributed by atoms with Crippen molar-refractivity contribution in [2.24, 2.45) is 5.92 Å². The second-order valence-electron chi connectivity index (χ2n) is 4.87. The minimum atomic E-state index is 0.306. The summed E-state index contributed by atoms with van der Waals surface area (Å²) in [5, 5.41) is 4.23. The summed E-state index contributed by atoms with van der Waals surface area (Å²) in [7, 11) is 0. The Labute approximate surface area is 108 Å². The third-order valence-corrected chi connectivity index (χ3v) is 4.20. The molecule has 2 nitrogen and oxygen atoms in total. The van der Waals surface area contributed by atoms with Crippen molar-refractivity contribution in [1.29, 1.82) is 0 Å². The van der Waals surface area contributed by atoms with E-state index in [2.05, 4.69) is 28.7 Å². The van der Waals surface area contributed by atoms with Gasteiger partial charge in [0.25, 0.3) is 0 Å². The molecule has 0 atom stereocenters. The van der Waals surface area contributed by atoms with Crippen LogP contribution >= 0.6 is 11.3 Å². The molecule has 0 N–H and O–H groups in total. The molecular formula is C14H21NOS. The minimum Gasteiger partial charge on any atom is -0.338 e. The molecule has 3 heteroatoms. The van der Waals surface area contributed by atoms with Crippen LogP contribution in [0.3, 0.4) is 0 Å². The van der Waals surface area contributed by atoms with Gasteiger partial charge in [-0.05, 0) is 41.7 Å². The van der Waals surface area contributed by atoms with Crippen molar-refractivity contribution in [3.05, 3.63) is 22.4 Å². The largest absolute Gasteiger partial charge is 0.338 e. The number of rotatable bonds is 5. The zero-order valence-corrected chi connectivity index (χ0v) is 11.3. The Kier molecular flexibility index (Phi) is 4.60. The lowest BCUT2D eigenvalue weighted by Gasteiger charge is -2.24. The molecule has 0 unspecified atom stereocenters. The highest BCUT2D eigenvalue weighted by Crippen LogP contribution is 2.27. The molecule has 0 aromatic carbocycles. The lowest BCUT2D eigenvalue weighted by Crippen LogP contribution is -2.35. The molecule has 1 heterocycles. The van der Waals surface area contributed by atoms with Crippen molar-refractivity contribution in [3.8, 4) is 0 Å². The second-order valence-corrected chi connectivity index (χ2v) is 5.65. The predicted octanol–water partition coefficient (Wildman–Crippen LogP) is 3.68. The van der Waals surface area contributed by atoms with Gasteiger partial charge in [-0.15, -0.1) is 0 Å². The summed E-state index contributed by atoms with van der Waals surface area (Å²) in [6, 6.07) is 2.12. The molecule has 0 bridgehead atoms. The number of thiophene rings is 1. The first kappa shape index (κ1) is 12.6. The van der Waals surface area contributed by atoms with E-state index in [9.17, 15) is 4.79 Å². The van der Waals surface area contributed by atoms with Gasteiger partial charge in [-0.1, -0.05) is 19.8 Å². The fourth-order valence-corrected chi connectivity index (χ4v) is 3.23. The molecule has 1 fully saturated rings. The number of amides is 1. The summed E-state index contributed by atoms with van der Waals surface area (Å²) in [5.74, 6) is 0.690. The molecule has 1 aromatic heterocycles. The van der Waals surface area contributed by atoms with Gasteiger partial charge in [0.15, 0.2) is 0 Å². The molecule has 1 aliphatic rings. The van der Waals surface area contributed by atoms with Crippen LogP contribution in [-0.4, -0.2) is 17.4 Å². The van der Waals surface area contributed by atoms with Crippen LogP contribution in [0.15, 0.2) is 16.8 Å². The zero-order chi connectivity index (χ0) is 12.1. The first-order chi connectivity index (χ1) is 8.31. The van der Waals surface area contributed by atoms with Gasteiger partial charge in [-0.3, -0.25) is 4.79 Å². The van der Waals surface area contributed by atoms with Gasteiger partial charge < -0.3 is 4.90 Å². The molecule has 94 valence electrons. The van der Waals surface area contributed by atoms with E-state index >= 15 is 0 Å². The van der Waals surface area contributed by atoms with Gasteiger partial charge in [-0.25, -0.2) is 0 Å². The normalized spacial score (nSPS) is 16.3. The fourth-order valence-electron chi connectivity index (χ4n) is 2.57. The topological polar surface area (TPSA) is 20.3 Å². The van der Waals surface area contributed by atoms with Crippen LogP contribution in [0.1, 0.15) is 44.6 Å². The first-order valence-electron chi connectivity index (χ1n) is 6.61. The Hall–Kier alpha value is -0.830. The van der Waals surface area contributed by atoms with Crippen molar-refractivity contribution in [1.82, 2.24) is 4.90 Å². The number of nitrogens with zero attached hydrogens (tertiary/aromatic N) is 1. The monoisotopic (exact) mass is 251 g/mol. The Morgan fingerprint density at radius 2 is 2.24 bits per heavy atom. The van der Waals surface area contributed by atoms with Crippen molar-refractivity contribution in [2.75, 3.05) is 6.54 Å². The van der Waals surface area contributed by atoms with Crippen molar-refractivity contribution < 1.29 is 4.79 Å². The maximum absolute atomic E-state index is 12.4. The summed E-state index contributed by atoms with van der Waals surface area (Å²) >= 11 is 1.71. The maximum Gasteiger partial charge on any atom is 0.225 e. The van der Waals surface area contributed by atoms with Crippen LogP contribution < -0.4 is 0 Å². The van der Waals surface area contributed by atoms with E-state index in [-0.39, 0.29) is 0 Å². The number of carbonyl (C=O) groups excluding carboxylic acids is 1. The van der Waals surface area contributed by atoms with Crippen LogP contribution in [0, 0.1) is 5.92 Å². The molecule has 1 saturated carbocycles. The van der Waals surface area contributed by atoms with E-state index in [0.717, 1.165) is 32.4 Å². The number of carbonyl (C=O) groups is 1. The molecule has 2 rings (SSSR count). The Morgan fingerprint density at radius 1 is 1.47 bits per heavy atom. The molecule has 1 aliphatic carbocycles. The molecular weight excluding hydrogens is 230 g/mol. The highest BCUT2D eigenvalue weighted by Gasteiger charge is 2.26. The van der Waals surface area contributed by atoms with E-state index < -0.39 is 0 Å². The first-order valence-corrected chi connectivity index (χ1v) is 7.55. The third kappa shape index (κ3) is 3.32. The van der Waals surface area contributed by atoms with Crippen LogP contribution in [0.2, 0.25) is 0 Å². The van der Waals surface area contributed by atoms with Gasteiger partial charge in [0.05, 0.1) is 0 Å². The predicted molar refractivity (Wildman–Crippen MR) is 72.0 cm³/mol. The van der Waals surface area contributed by atoms with Crippen LogP contribution in [0.25, 0.3) is 0 Å². The average molecular weight is 251 g/mol. The quantitative estimate of drug-likeness (QED) is 0.782. The lowest BCUT2D eigenvalue weighted by molar-refractivity contribution is -0.136. The van der Waals surface area contributed by atoms with E-state index in [1.165, 1.54) is 18.4 Å². The van der Waals surface area contributed by atoms with Crippen LogP contribution in [-0.2, 0) is 11.3 Å². The summed E-state index contributed by atoms with van der Waals surface area (Å²) in [4.78, 5) is 14.4. The van der Waals surface area contributed by atoms with Gasteiger partial charge in [0, 0.05) is 19.0 Å². The second kappa shape index (κ2) is 6.20. The van der Waals surface area contributed by atoms with Crippen LogP contribution in [0.5, 0.6) is 0 Å². The Morgan fingerprint density at radius 3 is 2.82 bits per heavy atom. The average Bonchev–Trinajstić information content (AvgIpc) is 3.00. The summed E-state index contributed by atoms with van der Waals surface area (Å²) in [6.07, 6.45) is 5.71. The molecule has 1 amide bonds. The van der Waals surface area contributed by atoms with E-state index in [1.54, 1.807) is 11.3 Å². The minimum absolute atomic E-state index is 0.306. The van der Waals surface area contributed by atoms with Gasteiger partial charge in [0.1, 0.15) is 0 Å². The van der Waals surface area contributed by atoms with Crippen molar-refractivity contribution in [3.63, 3.8) is 0 Å². The highest BCUT2D eigenvalue weighted by atomic mass is 32.1. The summed E-state index contributed by atoms with van der Waals surface area (Å²) in [5.41, 5.74) is 1.27. The molecule has 0 spiro atoms. The third-order valence-electron chi connectivity index (χ3n) is 3.46. The standard InChI is InChI=1S/C14H21NOS/c1-2-8-15(10-12-7-9-17-11-12)14(16)13-5-3-4-6-13/h7,9,11,13H,2-6,8,10H2,1H3. The van der Waals surface area contributed by atoms with Crippen molar-refractivity contribution in [2.45, 2.75) is 45.6 Å². The van der Waals surface area contributed by atoms with Crippen LogP contribution in [0.4, 0.5) is 0 Å². The molecule has 1 aromatic rings. The summed E-state index contributed by atoms with van der Waals surface area (Å²) in [6.45, 7) is 3.83. The maximum atomic E-state index is 12.4. The smallest absolute Gasteiger partial charge is 0.225 e. The fraction of sp³-hybridized carbons (Fsp3) is 0.643. The van der Waals surface area contributed by atoms with E-state index in [1.807, 2.05) is 0 Å². The summed E-state index contributed by atoms with van der Waals surface area (Å²) < 4.78 is 0. The Balaban J connectivity index is 1.97. The zero-order valence-electron chi connectivity index (χ0n) is 10.5. The molecule has 0 radical (unpaired) electrons. The van der Waals surface area contributed by atoms with Gasteiger partial charge in [-0.2, -0.15) is 11.3 Å². The van der Waals surface area contributed by atoms with Gasteiger partial charge in [0.2, 0.25) is 5.91 Å². The highest BCUT2D eigenvalue weighted by molar-refractivity contribution is 7.07.